The highest BCUT2D eigenvalue weighted by Gasteiger charge is 2.13. The van der Waals surface area contributed by atoms with Gasteiger partial charge in [0.1, 0.15) is 5.82 Å². The van der Waals surface area contributed by atoms with E-state index in [0.29, 0.717) is 43.2 Å². The number of nitrogens with zero attached hydrogens (tertiary/aromatic N) is 2. The van der Waals surface area contributed by atoms with E-state index in [9.17, 15) is 0 Å². The van der Waals surface area contributed by atoms with E-state index in [1.807, 2.05) is 12.1 Å². The van der Waals surface area contributed by atoms with Crippen molar-refractivity contribution >= 4 is 67.5 Å². The summed E-state index contributed by atoms with van der Waals surface area (Å²) in [6, 6.07) is 8.72. The Bertz CT molecular complexity index is 868. The second-order valence-electron chi connectivity index (χ2n) is 4.34. The zero-order chi connectivity index (χ0) is 15.1. The van der Waals surface area contributed by atoms with Gasteiger partial charge in [-0.15, -0.1) is 0 Å². The molecule has 0 amide bonds. The summed E-state index contributed by atoms with van der Waals surface area (Å²) in [6.07, 6.45) is 0. The Hall–Kier alpha value is -1.07. The Morgan fingerprint density at radius 1 is 0.952 bits per heavy atom. The molecule has 21 heavy (non-hydrogen) atoms. The third-order valence-electron chi connectivity index (χ3n) is 2.92. The van der Waals surface area contributed by atoms with E-state index in [1.54, 1.807) is 18.2 Å². The monoisotopic (exact) mass is 401 g/mol. The van der Waals surface area contributed by atoms with Crippen molar-refractivity contribution in [2.24, 2.45) is 0 Å². The molecule has 0 spiro atoms. The summed E-state index contributed by atoms with van der Waals surface area (Å²) in [7, 11) is 0. The van der Waals surface area contributed by atoms with Crippen molar-refractivity contribution in [3.05, 3.63) is 49.9 Å². The molecule has 0 unspecified atom stereocenters. The third-order valence-corrected chi connectivity index (χ3v) is 4.25. The topological polar surface area (TPSA) is 51.8 Å². The van der Waals surface area contributed by atoms with Crippen LogP contribution in [0, 0.1) is 0 Å². The molecule has 3 rings (SSSR count). The Kier molecular flexibility index (Phi) is 3.97. The van der Waals surface area contributed by atoms with Gasteiger partial charge in [-0.1, -0.05) is 50.7 Å². The molecule has 1 heterocycles. The first-order valence-electron chi connectivity index (χ1n) is 5.83. The lowest BCUT2D eigenvalue weighted by atomic mass is 10.2. The van der Waals surface area contributed by atoms with Crippen LogP contribution in [0.2, 0.25) is 15.1 Å². The van der Waals surface area contributed by atoms with Crippen molar-refractivity contribution in [3.8, 4) is 11.4 Å². The van der Waals surface area contributed by atoms with Gasteiger partial charge < -0.3 is 5.73 Å². The summed E-state index contributed by atoms with van der Waals surface area (Å²) in [6.45, 7) is 0. The zero-order valence-electron chi connectivity index (χ0n) is 10.4. The molecular weight excluding hydrogens is 396 g/mol. The van der Waals surface area contributed by atoms with Gasteiger partial charge in [0.2, 0.25) is 0 Å². The highest BCUT2D eigenvalue weighted by atomic mass is 79.9. The van der Waals surface area contributed by atoms with Crippen LogP contribution in [0.4, 0.5) is 5.82 Å². The summed E-state index contributed by atoms with van der Waals surface area (Å²) in [5, 5.41) is 2.04. The fourth-order valence-corrected chi connectivity index (χ4v) is 3.07. The molecule has 2 aromatic carbocycles. The van der Waals surface area contributed by atoms with Gasteiger partial charge in [-0.25, -0.2) is 9.97 Å². The van der Waals surface area contributed by atoms with Gasteiger partial charge in [0.15, 0.2) is 5.82 Å². The normalized spacial score (nSPS) is 11.0. The quantitative estimate of drug-likeness (QED) is 0.575. The Balaban J connectivity index is 2.33. The first-order chi connectivity index (χ1) is 9.95. The second-order valence-corrected chi connectivity index (χ2v) is 6.51. The molecule has 0 aliphatic carbocycles. The molecule has 0 saturated heterocycles. The van der Waals surface area contributed by atoms with Crippen LogP contribution >= 0.6 is 50.7 Å². The fraction of sp³-hybridized carbons (Fsp3) is 0. The van der Waals surface area contributed by atoms with Crippen LogP contribution < -0.4 is 5.73 Å². The van der Waals surface area contributed by atoms with Crippen molar-refractivity contribution < 1.29 is 0 Å². The molecule has 0 aliphatic rings. The van der Waals surface area contributed by atoms with Crippen molar-refractivity contribution in [3.63, 3.8) is 0 Å². The van der Waals surface area contributed by atoms with E-state index in [0.717, 1.165) is 4.47 Å². The van der Waals surface area contributed by atoms with Crippen LogP contribution in [0.15, 0.2) is 34.8 Å². The number of aromatic nitrogens is 2. The van der Waals surface area contributed by atoms with E-state index in [1.165, 1.54) is 0 Å². The average molecular weight is 403 g/mol. The van der Waals surface area contributed by atoms with Crippen molar-refractivity contribution in [1.82, 2.24) is 9.97 Å². The molecule has 106 valence electrons. The molecule has 3 nitrogen and oxygen atoms in total. The van der Waals surface area contributed by atoms with Crippen molar-refractivity contribution in [2.75, 3.05) is 5.73 Å². The number of rotatable bonds is 1. The van der Waals surface area contributed by atoms with Crippen molar-refractivity contribution in [2.45, 2.75) is 0 Å². The number of hydrogen-bond acceptors (Lipinski definition) is 3. The van der Waals surface area contributed by atoms with Crippen LogP contribution in [0.25, 0.3) is 22.3 Å². The molecule has 3 aromatic rings. The predicted octanol–water partition coefficient (Wildman–Crippen LogP) is 5.60. The van der Waals surface area contributed by atoms with E-state index >= 15 is 0 Å². The van der Waals surface area contributed by atoms with Gasteiger partial charge in [0, 0.05) is 20.4 Å². The first kappa shape index (κ1) is 14.9. The third kappa shape index (κ3) is 2.81. The summed E-state index contributed by atoms with van der Waals surface area (Å²) in [4.78, 5) is 8.76. The molecule has 2 N–H and O–H groups in total. The lowest BCUT2D eigenvalue weighted by Gasteiger charge is -2.09. The van der Waals surface area contributed by atoms with Gasteiger partial charge in [-0.2, -0.15) is 0 Å². The molecule has 0 atom stereocenters. The maximum atomic E-state index is 6.20. The predicted molar refractivity (Wildman–Crippen MR) is 92.1 cm³/mol. The van der Waals surface area contributed by atoms with E-state index in [4.69, 9.17) is 40.5 Å². The number of nitrogen functional groups attached to an aromatic ring is 1. The highest BCUT2D eigenvalue weighted by molar-refractivity contribution is 9.10. The number of nitrogens with two attached hydrogens (primary N) is 1. The molecule has 0 saturated carbocycles. The van der Waals surface area contributed by atoms with Gasteiger partial charge in [0.25, 0.3) is 0 Å². The van der Waals surface area contributed by atoms with Gasteiger partial charge >= 0.3 is 0 Å². The largest absolute Gasteiger partial charge is 0.383 e. The van der Waals surface area contributed by atoms with Crippen LogP contribution in [-0.4, -0.2) is 9.97 Å². The van der Waals surface area contributed by atoms with Gasteiger partial charge in [-0.3, -0.25) is 0 Å². The number of halogens is 4. The molecule has 0 bridgehead atoms. The molecule has 1 aromatic heterocycles. The van der Waals surface area contributed by atoms with E-state index < -0.39 is 0 Å². The number of benzene rings is 2. The van der Waals surface area contributed by atoms with E-state index in [-0.39, 0.29) is 0 Å². The second kappa shape index (κ2) is 5.61. The van der Waals surface area contributed by atoms with E-state index in [2.05, 4.69) is 25.9 Å². The standard InChI is InChI=1S/C14H7BrCl3N3/c15-6-1-2-10(17)8(3-6)14-20-12-9(13(19)21-14)4-7(16)5-11(12)18/h1-5H,(H2,19,20,21). The molecule has 0 fully saturated rings. The van der Waals surface area contributed by atoms with Crippen LogP contribution in [-0.2, 0) is 0 Å². The number of fused-ring (bicyclic) bond motifs is 1. The smallest absolute Gasteiger partial charge is 0.163 e. The molecular formula is C14H7BrCl3N3. The summed E-state index contributed by atoms with van der Waals surface area (Å²) < 4.78 is 0.867. The highest BCUT2D eigenvalue weighted by Crippen LogP contribution is 2.34. The van der Waals surface area contributed by atoms with Crippen LogP contribution in [0.3, 0.4) is 0 Å². The molecule has 7 heteroatoms. The zero-order valence-corrected chi connectivity index (χ0v) is 14.2. The average Bonchev–Trinajstić information content (AvgIpc) is 2.42. The van der Waals surface area contributed by atoms with Gasteiger partial charge in [0.05, 0.1) is 15.6 Å². The summed E-state index contributed by atoms with van der Waals surface area (Å²) in [5.41, 5.74) is 7.21. The number of hydrogen-bond donors (Lipinski definition) is 1. The Labute approximate surface area is 144 Å². The lowest BCUT2D eigenvalue weighted by Crippen LogP contribution is -1.99. The van der Waals surface area contributed by atoms with Crippen LogP contribution in [0.5, 0.6) is 0 Å². The van der Waals surface area contributed by atoms with Crippen LogP contribution in [0.1, 0.15) is 0 Å². The lowest BCUT2D eigenvalue weighted by molar-refractivity contribution is 1.23. The minimum absolute atomic E-state index is 0.301. The summed E-state index contributed by atoms with van der Waals surface area (Å²) >= 11 is 21.8. The minimum atomic E-state index is 0.301. The summed E-state index contributed by atoms with van der Waals surface area (Å²) in [5.74, 6) is 0.714. The van der Waals surface area contributed by atoms with Crippen molar-refractivity contribution in [1.29, 1.82) is 0 Å². The Morgan fingerprint density at radius 2 is 1.71 bits per heavy atom. The first-order valence-corrected chi connectivity index (χ1v) is 7.76. The fourth-order valence-electron chi connectivity index (χ4n) is 1.97. The maximum absolute atomic E-state index is 6.20. The molecule has 0 radical (unpaired) electrons. The minimum Gasteiger partial charge on any atom is -0.383 e. The maximum Gasteiger partial charge on any atom is 0.163 e. The Morgan fingerprint density at radius 3 is 2.48 bits per heavy atom. The van der Waals surface area contributed by atoms with Gasteiger partial charge in [-0.05, 0) is 30.3 Å². The number of anilines is 1. The molecule has 0 aliphatic heterocycles. The SMILES string of the molecule is Nc1nc(-c2cc(Br)ccc2Cl)nc2c(Cl)cc(Cl)cc12.